The van der Waals surface area contributed by atoms with Crippen LogP contribution >= 0.6 is 11.6 Å². The molecule has 0 aliphatic rings. The topological polar surface area (TPSA) is 9.23 Å². The van der Waals surface area contributed by atoms with Crippen LogP contribution in [0.4, 0.5) is 0 Å². The predicted octanol–water partition coefficient (Wildman–Crippen LogP) is 4.86. The molecule has 1 rings (SSSR count). The molecule has 96 valence electrons. The third-order valence-corrected chi connectivity index (χ3v) is 3.16. The highest BCUT2D eigenvalue weighted by atomic mass is 35.5. The Labute approximate surface area is 110 Å². The van der Waals surface area contributed by atoms with Crippen molar-refractivity contribution in [1.29, 1.82) is 0 Å². The van der Waals surface area contributed by atoms with Crippen LogP contribution in [0.1, 0.15) is 43.4 Å². The summed E-state index contributed by atoms with van der Waals surface area (Å²) in [6.07, 6.45) is 2.34. The van der Waals surface area contributed by atoms with Crippen LogP contribution in [0.15, 0.2) is 12.1 Å². The second kappa shape index (κ2) is 6.90. The summed E-state index contributed by atoms with van der Waals surface area (Å²) in [5.41, 5.74) is 3.53. The lowest BCUT2D eigenvalue weighted by molar-refractivity contribution is 0.294. The summed E-state index contributed by atoms with van der Waals surface area (Å²) >= 11 is 5.84. The molecule has 0 fully saturated rings. The van der Waals surface area contributed by atoms with Gasteiger partial charge in [-0.3, -0.25) is 0 Å². The van der Waals surface area contributed by atoms with Crippen molar-refractivity contribution in [1.82, 2.24) is 0 Å². The van der Waals surface area contributed by atoms with E-state index in [0.717, 1.165) is 30.3 Å². The van der Waals surface area contributed by atoms with Crippen molar-refractivity contribution in [3.8, 4) is 5.75 Å². The summed E-state index contributed by atoms with van der Waals surface area (Å²) in [4.78, 5) is 0. The Morgan fingerprint density at radius 1 is 1.18 bits per heavy atom. The maximum atomic E-state index is 5.87. The Morgan fingerprint density at radius 3 is 2.24 bits per heavy atom. The van der Waals surface area contributed by atoms with Gasteiger partial charge in [-0.1, -0.05) is 26.0 Å². The molecule has 1 aromatic carbocycles. The zero-order valence-corrected chi connectivity index (χ0v) is 12.1. The highest BCUT2D eigenvalue weighted by molar-refractivity contribution is 6.17. The molecule has 0 unspecified atom stereocenters. The maximum absolute atomic E-state index is 5.87. The molecule has 0 spiro atoms. The molecule has 0 aliphatic heterocycles. The molecule has 17 heavy (non-hydrogen) atoms. The number of ether oxygens (including phenoxy) is 1. The lowest BCUT2D eigenvalue weighted by atomic mass is 10.1. The monoisotopic (exact) mass is 254 g/mol. The van der Waals surface area contributed by atoms with E-state index in [1.807, 2.05) is 0 Å². The Kier molecular flexibility index (Phi) is 5.84. The van der Waals surface area contributed by atoms with E-state index in [4.69, 9.17) is 16.3 Å². The molecule has 0 aromatic heterocycles. The van der Waals surface area contributed by atoms with Crippen molar-refractivity contribution in [3.63, 3.8) is 0 Å². The molecule has 0 atom stereocenters. The van der Waals surface area contributed by atoms with E-state index in [-0.39, 0.29) is 0 Å². The highest BCUT2D eigenvalue weighted by Gasteiger charge is 2.06. The Hall–Kier alpha value is -0.690. The van der Waals surface area contributed by atoms with Gasteiger partial charge in [-0.15, -0.1) is 11.6 Å². The second-order valence-corrected chi connectivity index (χ2v) is 5.34. The Balaban J connectivity index is 2.59. The number of hydrogen-bond acceptors (Lipinski definition) is 1. The standard InChI is InChI=1S/C15H23ClO/c1-11(2)6-5-7-17-15-12(3)8-14(10-16)9-13(15)4/h8-9,11H,5-7,10H2,1-4H3. The normalized spacial score (nSPS) is 10.9. The number of rotatable bonds is 6. The molecule has 0 heterocycles. The fourth-order valence-corrected chi connectivity index (χ4v) is 2.16. The van der Waals surface area contributed by atoms with E-state index >= 15 is 0 Å². The van der Waals surface area contributed by atoms with E-state index in [1.54, 1.807) is 0 Å². The number of alkyl halides is 1. The van der Waals surface area contributed by atoms with Gasteiger partial charge in [-0.05, 0) is 49.3 Å². The summed E-state index contributed by atoms with van der Waals surface area (Å²) in [5.74, 6) is 2.34. The third-order valence-electron chi connectivity index (χ3n) is 2.85. The minimum absolute atomic E-state index is 0.565. The first-order chi connectivity index (χ1) is 8.04. The van der Waals surface area contributed by atoms with Crippen molar-refractivity contribution in [2.45, 2.75) is 46.4 Å². The smallest absolute Gasteiger partial charge is 0.125 e. The highest BCUT2D eigenvalue weighted by Crippen LogP contribution is 2.25. The summed E-state index contributed by atoms with van der Waals surface area (Å²) < 4.78 is 5.87. The van der Waals surface area contributed by atoms with Crippen molar-refractivity contribution in [3.05, 3.63) is 28.8 Å². The van der Waals surface area contributed by atoms with Gasteiger partial charge in [0, 0.05) is 5.88 Å². The van der Waals surface area contributed by atoms with Crippen LogP contribution in [-0.4, -0.2) is 6.61 Å². The number of halogens is 1. The van der Waals surface area contributed by atoms with Crippen LogP contribution in [0.25, 0.3) is 0 Å². The van der Waals surface area contributed by atoms with E-state index in [9.17, 15) is 0 Å². The van der Waals surface area contributed by atoms with Crippen molar-refractivity contribution in [2.75, 3.05) is 6.61 Å². The average Bonchev–Trinajstić information content (AvgIpc) is 2.26. The molecule has 1 aromatic rings. The van der Waals surface area contributed by atoms with Crippen LogP contribution in [-0.2, 0) is 5.88 Å². The molecule has 0 aliphatic carbocycles. The van der Waals surface area contributed by atoms with E-state index in [0.29, 0.717) is 5.88 Å². The van der Waals surface area contributed by atoms with Crippen LogP contribution in [0, 0.1) is 19.8 Å². The lowest BCUT2D eigenvalue weighted by Crippen LogP contribution is -2.02. The summed E-state index contributed by atoms with van der Waals surface area (Å²) in [6.45, 7) is 9.46. The van der Waals surface area contributed by atoms with Gasteiger partial charge >= 0.3 is 0 Å². The Bertz CT molecular complexity index is 335. The fraction of sp³-hybridized carbons (Fsp3) is 0.600. The quantitative estimate of drug-likeness (QED) is 0.521. The van der Waals surface area contributed by atoms with Crippen LogP contribution < -0.4 is 4.74 Å². The number of hydrogen-bond donors (Lipinski definition) is 0. The van der Waals surface area contributed by atoms with Crippen molar-refractivity contribution >= 4 is 11.6 Å². The maximum Gasteiger partial charge on any atom is 0.125 e. The molecular weight excluding hydrogens is 232 g/mol. The SMILES string of the molecule is Cc1cc(CCl)cc(C)c1OCCCC(C)C. The van der Waals surface area contributed by atoms with Gasteiger partial charge < -0.3 is 4.74 Å². The number of benzene rings is 1. The van der Waals surface area contributed by atoms with Gasteiger partial charge in [0.25, 0.3) is 0 Å². The van der Waals surface area contributed by atoms with Crippen LogP contribution in [0.5, 0.6) is 5.75 Å². The van der Waals surface area contributed by atoms with E-state index in [1.165, 1.54) is 17.5 Å². The Morgan fingerprint density at radius 2 is 1.76 bits per heavy atom. The first kappa shape index (κ1) is 14.4. The lowest BCUT2D eigenvalue weighted by Gasteiger charge is -2.14. The first-order valence-corrected chi connectivity index (χ1v) is 6.87. The number of aryl methyl sites for hydroxylation is 2. The van der Waals surface area contributed by atoms with Crippen LogP contribution in [0.3, 0.4) is 0 Å². The van der Waals surface area contributed by atoms with Gasteiger partial charge in [0.1, 0.15) is 5.75 Å². The fourth-order valence-electron chi connectivity index (χ4n) is 2.01. The minimum atomic E-state index is 0.565. The molecule has 0 amide bonds. The zero-order chi connectivity index (χ0) is 12.8. The van der Waals surface area contributed by atoms with E-state index < -0.39 is 0 Å². The molecule has 1 nitrogen and oxygen atoms in total. The summed E-state index contributed by atoms with van der Waals surface area (Å²) in [7, 11) is 0. The molecule has 0 radical (unpaired) electrons. The largest absolute Gasteiger partial charge is 0.493 e. The van der Waals surface area contributed by atoms with Gasteiger partial charge in [0.2, 0.25) is 0 Å². The van der Waals surface area contributed by atoms with Gasteiger partial charge in [0.15, 0.2) is 0 Å². The van der Waals surface area contributed by atoms with Gasteiger partial charge in [-0.25, -0.2) is 0 Å². The van der Waals surface area contributed by atoms with Crippen molar-refractivity contribution < 1.29 is 4.74 Å². The third kappa shape index (κ3) is 4.59. The van der Waals surface area contributed by atoms with Crippen molar-refractivity contribution in [2.24, 2.45) is 5.92 Å². The summed E-state index contributed by atoms with van der Waals surface area (Å²) in [5, 5.41) is 0. The minimum Gasteiger partial charge on any atom is -0.493 e. The predicted molar refractivity (Wildman–Crippen MR) is 75.0 cm³/mol. The molecule has 0 N–H and O–H groups in total. The second-order valence-electron chi connectivity index (χ2n) is 5.08. The molecule has 2 heteroatoms. The molecule has 0 bridgehead atoms. The van der Waals surface area contributed by atoms with E-state index in [2.05, 4.69) is 39.8 Å². The first-order valence-electron chi connectivity index (χ1n) is 6.33. The average molecular weight is 255 g/mol. The van der Waals surface area contributed by atoms with Crippen LogP contribution in [0.2, 0.25) is 0 Å². The molecular formula is C15H23ClO. The van der Waals surface area contributed by atoms with Gasteiger partial charge in [-0.2, -0.15) is 0 Å². The molecule has 0 saturated carbocycles. The zero-order valence-electron chi connectivity index (χ0n) is 11.3. The molecule has 0 saturated heterocycles. The van der Waals surface area contributed by atoms with Gasteiger partial charge in [0.05, 0.1) is 6.61 Å². The summed E-state index contributed by atoms with van der Waals surface area (Å²) in [6, 6.07) is 4.22.